The van der Waals surface area contributed by atoms with E-state index >= 15 is 0 Å². The van der Waals surface area contributed by atoms with Gasteiger partial charge < -0.3 is 9.64 Å². The topological polar surface area (TPSA) is 88.8 Å². The van der Waals surface area contributed by atoms with Crippen LogP contribution in [0.1, 0.15) is 33.6 Å². The maximum Gasteiger partial charge on any atom is 0.410 e. The average molecular weight is 345 g/mol. The minimum Gasteiger partial charge on any atom is -0.444 e. The number of piperidine rings is 1. The molecule has 8 heteroatoms. The molecular weight excluding hydrogens is 322 g/mol. The second-order valence-electron chi connectivity index (χ2n) is 7.18. The van der Waals surface area contributed by atoms with Crippen molar-refractivity contribution in [1.82, 2.24) is 19.5 Å². The highest BCUT2D eigenvalue weighted by molar-refractivity contribution is 5.91. The summed E-state index contributed by atoms with van der Waals surface area (Å²) in [5.41, 5.74) is 0.164. The third-order valence-electron chi connectivity index (χ3n) is 4.07. The first kappa shape index (κ1) is 17.2. The summed E-state index contributed by atoms with van der Waals surface area (Å²) in [4.78, 5) is 26.2. The molecule has 1 fully saturated rings. The van der Waals surface area contributed by atoms with Crippen LogP contribution in [-0.2, 0) is 9.53 Å². The molecule has 0 atom stereocenters. The fourth-order valence-corrected chi connectivity index (χ4v) is 2.79. The Balaban J connectivity index is 1.56. The monoisotopic (exact) mass is 345 g/mol. The molecular formula is C17H23N5O3. The lowest BCUT2D eigenvalue weighted by molar-refractivity contribution is -0.121. The van der Waals surface area contributed by atoms with Crippen LogP contribution in [0.25, 0.3) is 5.65 Å². The number of anilines is 1. The molecule has 134 valence electrons. The van der Waals surface area contributed by atoms with Crippen molar-refractivity contribution < 1.29 is 14.3 Å². The van der Waals surface area contributed by atoms with E-state index in [1.807, 2.05) is 39.0 Å². The molecule has 3 heterocycles. The van der Waals surface area contributed by atoms with Crippen LogP contribution in [0.15, 0.2) is 24.4 Å². The lowest BCUT2D eigenvalue weighted by Gasteiger charge is -2.32. The minimum absolute atomic E-state index is 0.0954. The van der Waals surface area contributed by atoms with Gasteiger partial charge in [-0.2, -0.15) is 0 Å². The van der Waals surface area contributed by atoms with E-state index in [9.17, 15) is 9.59 Å². The Labute approximate surface area is 146 Å². The number of fused-ring (bicyclic) bond motifs is 1. The zero-order valence-electron chi connectivity index (χ0n) is 14.7. The molecule has 1 aliphatic rings. The molecule has 2 aromatic heterocycles. The average Bonchev–Trinajstić information content (AvgIpc) is 2.96. The zero-order valence-corrected chi connectivity index (χ0v) is 14.7. The number of nitrogens with one attached hydrogen (secondary N) is 1. The molecule has 0 aliphatic carbocycles. The largest absolute Gasteiger partial charge is 0.444 e. The van der Waals surface area contributed by atoms with Gasteiger partial charge in [0.15, 0.2) is 5.65 Å². The van der Waals surface area contributed by atoms with E-state index in [2.05, 4.69) is 15.5 Å². The van der Waals surface area contributed by atoms with Crippen LogP contribution in [-0.4, -0.2) is 50.2 Å². The van der Waals surface area contributed by atoms with Crippen molar-refractivity contribution in [3.63, 3.8) is 0 Å². The summed E-state index contributed by atoms with van der Waals surface area (Å²) < 4.78 is 7.10. The van der Waals surface area contributed by atoms with E-state index in [1.165, 1.54) is 0 Å². The molecule has 0 aromatic carbocycles. The summed E-state index contributed by atoms with van der Waals surface area (Å²) in [7, 11) is 0. The van der Waals surface area contributed by atoms with E-state index < -0.39 is 5.60 Å². The van der Waals surface area contributed by atoms with E-state index in [0.29, 0.717) is 37.5 Å². The van der Waals surface area contributed by atoms with Crippen LogP contribution in [0, 0.1) is 5.92 Å². The van der Waals surface area contributed by atoms with Gasteiger partial charge in [-0.05, 0) is 45.7 Å². The van der Waals surface area contributed by atoms with Crippen LogP contribution in [0.3, 0.4) is 0 Å². The number of carbonyl (C=O) groups is 2. The Hall–Kier alpha value is -2.64. The predicted molar refractivity (Wildman–Crippen MR) is 92.1 cm³/mol. The summed E-state index contributed by atoms with van der Waals surface area (Å²) in [5, 5.41) is 10.9. The number of carbonyl (C=O) groups excluding carboxylic acids is 2. The van der Waals surface area contributed by atoms with Crippen LogP contribution >= 0.6 is 0 Å². The quantitative estimate of drug-likeness (QED) is 0.902. The van der Waals surface area contributed by atoms with Crippen molar-refractivity contribution in [2.45, 2.75) is 39.2 Å². The van der Waals surface area contributed by atoms with Crippen LogP contribution in [0.5, 0.6) is 0 Å². The smallest absolute Gasteiger partial charge is 0.410 e. The van der Waals surface area contributed by atoms with E-state index in [-0.39, 0.29) is 17.9 Å². The Morgan fingerprint density at radius 1 is 1.20 bits per heavy atom. The predicted octanol–water partition coefficient (Wildman–Crippen LogP) is 2.31. The van der Waals surface area contributed by atoms with E-state index in [1.54, 1.807) is 15.5 Å². The number of hydrogen-bond donors (Lipinski definition) is 1. The molecule has 0 radical (unpaired) electrons. The zero-order chi connectivity index (χ0) is 18.0. The number of aromatic nitrogens is 3. The number of rotatable bonds is 2. The van der Waals surface area contributed by atoms with E-state index in [4.69, 9.17) is 4.74 Å². The highest BCUT2D eigenvalue weighted by Gasteiger charge is 2.30. The van der Waals surface area contributed by atoms with Gasteiger partial charge in [0, 0.05) is 25.2 Å². The van der Waals surface area contributed by atoms with Crippen molar-refractivity contribution in [2.24, 2.45) is 5.92 Å². The molecule has 8 nitrogen and oxygen atoms in total. The van der Waals surface area contributed by atoms with Crippen molar-refractivity contribution in [2.75, 3.05) is 18.4 Å². The second kappa shape index (κ2) is 6.70. The maximum atomic E-state index is 12.5. The molecule has 1 N–H and O–H groups in total. The third kappa shape index (κ3) is 4.07. The third-order valence-corrected chi connectivity index (χ3v) is 4.07. The fraction of sp³-hybridized carbons (Fsp3) is 0.529. The number of pyridine rings is 1. The summed E-state index contributed by atoms with van der Waals surface area (Å²) in [6, 6.07) is 5.54. The van der Waals surface area contributed by atoms with Crippen LogP contribution in [0.4, 0.5) is 10.7 Å². The molecule has 3 rings (SSSR count). The molecule has 0 saturated carbocycles. The van der Waals surface area contributed by atoms with E-state index in [0.717, 1.165) is 0 Å². The second-order valence-corrected chi connectivity index (χ2v) is 7.18. The molecule has 2 aromatic rings. The number of likely N-dealkylation sites (tertiary alicyclic amines) is 1. The summed E-state index contributed by atoms with van der Waals surface area (Å²) in [5.74, 6) is 0.159. The molecule has 2 amide bonds. The minimum atomic E-state index is -0.514. The van der Waals surface area contributed by atoms with Gasteiger partial charge in [-0.25, -0.2) is 4.79 Å². The van der Waals surface area contributed by atoms with Gasteiger partial charge in [0.25, 0.3) is 0 Å². The molecule has 0 unspecified atom stereocenters. The van der Waals surface area contributed by atoms with Gasteiger partial charge in [-0.1, -0.05) is 6.07 Å². The van der Waals surface area contributed by atoms with Gasteiger partial charge in [-0.15, -0.1) is 10.2 Å². The highest BCUT2D eigenvalue weighted by Crippen LogP contribution is 2.21. The van der Waals surface area contributed by atoms with Crippen LogP contribution in [0.2, 0.25) is 0 Å². The Morgan fingerprint density at radius 3 is 2.60 bits per heavy atom. The van der Waals surface area contributed by atoms with Crippen molar-refractivity contribution >= 4 is 23.6 Å². The van der Waals surface area contributed by atoms with Gasteiger partial charge in [0.05, 0.1) is 0 Å². The first-order valence-corrected chi connectivity index (χ1v) is 8.42. The van der Waals surface area contributed by atoms with Gasteiger partial charge in [0.2, 0.25) is 11.9 Å². The maximum absolute atomic E-state index is 12.5. The molecule has 0 bridgehead atoms. The van der Waals surface area contributed by atoms with Crippen LogP contribution < -0.4 is 5.32 Å². The first-order chi connectivity index (χ1) is 11.8. The summed E-state index contributed by atoms with van der Waals surface area (Å²) in [6.07, 6.45) is 2.68. The standard InChI is InChI=1S/C17H23N5O3/c1-17(2,3)25-16(24)21-10-7-12(8-11-21)14(23)18-15-20-19-13-6-4-5-9-22(13)15/h4-6,9,12H,7-8,10-11H2,1-3H3,(H,18,20,23). The lowest BCUT2D eigenvalue weighted by Crippen LogP contribution is -2.43. The molecule has 25 heavy (non-hydrogen) atoms. The molecule has 1 aliphatic heterocycles. The lowest BCUT2D eigenvalue weighted by atomic mass is 9.96. The highest BCUT2D eigenvalue weighted by atomic mass is 16.6. The van der Waals surface area contributed by atoms with Gasteiger partial charge in [0.1, 0.15) is 5.60 Å². The Morgan fingerprint density at radius 2 is 1.92 bits per heavy atom. The normalized spacial score (nSPS) is 16.0. The van der Waals surface area contributed by atoms with Gasteiger partial charge >= 0.3 is 6.09 Å². The summed E-state index contributed by atoms with van der Waals surface area (Å²) in [6.45, 7) is 6.54. The SMILES string of the molecule is CC(C)(C)OC(=O)N1CCC(C(=O)Nc2nnc3ccccn23)CC1. The van der Waals surface area contributed by atoms with Crippen molar-refractivity contribution in [1.29, 1.82) is 0 Å². The number of hydrogen-bond acceptors (Lipinski definition) is 5. The number of amides is 2. The fourth-order valence-electron chi connectivity index (χ4n) is 2.79. The van der Waals surface area contributed by atoms with Gasteiger partial charge in [-0.3, -0.25) is 14.5 Å². The Bertz CT molecular complexity index is 772. The number of ether oxygens (including phenoxy) is 1. The first-order valence-electron chi connectivity index (χ1n) is 8.42. The molecule has 0 spiro atoms. The number of nitrogens with zero attached hydrogens (tertiary/aromatic N) is 4. The Kier molecular flexibility index (Phi) is 4.61. The van der Waals surface area contributed by atoms with Crippen molar-refractivity contribution in [3.8, 4) is 0 Å². The summed E-state index contributed by atoms with van der Waals surface area (Å²) >= 11 is 0. The molecule has 1 saturated heterocycles. The van der Waals surface area contributed by atoms with Crippen molar-refractivity contribution in [3.05, 3.63) is 24.4 Å².